The Morgan fingerprint density at radius 3 is 2.43 bits per heavy atom. The van der Waals surface area contributed by atoms with Gasteiger partial charge in [0.15, 0.2) is 0 Å². The molecule has 0 spiro atoms. The molecule has 21 heavy (non-hydrogen) atoms. The number of nitrogens with one attached hydrogen (secondary N) is 2. The van der Waals surface area contributed by atoms with E-state index in [-0.39, 0.29) is 18.1 Å². The van der Waals surface area contributed by atoms with Gasteiger partial charge in [0.1, 0.15) is 11.5 Å². The molecule has 3 N–H and O–H groups in total. The lowest BCUT2D eigenvalue weighted by Crippen LogP contribution is -2.28. The van der Waals surface area contributed by atoms with Crippen LogP contribution in [-0.4, -0.2) is 22.1 Å². The lowest BCUT2D eigenvalue weighted by molar-refractivity contribution is 0.0690. The molecule has 0 saturated carbocycles. The van der Waals surface area contributed by atoms with Crippen molar-refractivity contribution in [2.24, 2.45) is 0 Å². The van der Waals surface area contributed by atoms with E-state index in [4.69, 9.17) is 5.11 Å². The highest BCUT2D eigenvalue weighted by molar-refractivity contribution is 5.90. The van der Waals surface area contributed by atoms with Gasteiger partial charge in [-0.05, 0) is 29.8 Å². The average molecular weight is 289 g/mol. The molecule has 0 aliphatic carbocycles. The Morgan fingerprint density at radius 2 is 1.86 bits per heavy atom. The fourth-order valence-electron chi connectivity index (χ4n) is 1.55. The van der Waals surface area contributed by atoms with E-state index in [9.17, 15) is 14.0 Å². The van der Waals surface area contributed by atoms with Crippen LogP contribution in [0.2, 0.25) is 0 Å². The number of benzene rings is 1. The molecule has 0 atom stereocenters. The van der Waals surface area contributed by atoms with Gasteiger partial charge in [-0.2, -0.15) is 0 Å². The number of halogens is 1. The number of aromatic nitrogens is 1. The first-order valence-electron chi connectivity index (χ1n) is 6.03. The molecule has 0 aliphatic rings. The fourth-order valence-corrected chi connectivity index (χ4v) is 1.55. The summed E-state index contributed by atoms with van der Waals surface area (Å²) < 4.78 is 12.7. The van der Waals surface area contributed by atoms with Crippen LogP contribution in [0.1, 0.15) is 16.1 Å². The lowest BCUT2D eigenvalue weighted by Gasteiger charge is -2.07. The maximum absolute atomic E-state index is 12.7. The van der Waals surface area contributed by atoms with Crippen molar-refractivity contribution in [2.75, 3.05) is 5.32 Å². The van der Waals surface area contributed by atoms with Crippen LogP contribution in [0, 0.1) is 5.82 Å². The number of rotatable bonds is 4. The Balaban J connectivity index is 1.86. The van der Waals surface area contributed by atoms with Crippen molar-refractivity contribution in [3.05, 3.63) is 59.7 Å². The predicted molar refractivity (Wildman–Crippen MR) is 73.5 cm³/mol. The predicted octanol–water partition coefficient (Wildman–Crippen LogP) is 2.24. The van der Waals surface area contributed by atoms with Gasteiger partial charge in [-0.15, -0.1) is 0 Å². The van der Waals surface area contributed by atoms with E-state index < -0.39 is 12.0 Å². The van der Waals surface area contributed by atoms with Crippen LogP contribution < -0.4 is 10.6 Å². The molecule has 0 aliphatic heterocycles. The topological polar surface area (TPSA) is 91.3 Å². The summed E-state index contributed by atoms with van der Waals surface area (Å²) in [6.07, 6.45) is 1.25. The first-order chi connectivity index (χ1) is 10.0. The van der Waals surface area contributed by atoms with Crippen LogP contribution >= 0.6 is 0 Å². The molecule has 0 fully saturated rings. The number of hydrogen-bond acceptors (Lipinski definition) is 3. The van der Waals surface area contributed by atoms with E-state index in [1.54, 1.807) is 12.1 Å². The quantitative estimate of drug-likeness (QED) is 0.805. The van der Waals surface area contributed by atoms with Gasteiger partial charge in [-0.25, -0.2) is 19.0 Å². The van der Waals surface area contributed by atoms with Crippen LogP contribution in [-0.2, 0) is 6.54 Å². The van der Waals surface area contributed by atoms with E-state index in [2.05, 4.69) is 15.6 Å². The van der Waals surface area contributed by atoms with Gasteiger partial charge in [-0.1, -0.05) is 12.1 Å². The van der Waals surface area contributed by atoms with Gasteiger partial charge in [0.05, 0.1) is 11.9 Å². The Kier molecular flexibility index (Phi) is 4.45. The summed E-state index contributed by atoms with van der Waals surface area (Å²) in [6.45, 7) is 0.243. The number of nitrogens with zero attached hydrogens (tertiary/aromatic N) is 1. The number of hydrogen-bond donors (Lipinski definition) is 3. The SMILES string of the molecule is O=C(NCc1ccc(F)cc1)Nc1ccc(C(=O)O)nc1. The van der Waals surface area contributed by atoms with Crippen molar-refractivity contribution in [3.8, 4) is 0 Å². The third-order valence-electron chi connectivity index (χ3n) is 2.61. The molecule has 2 aromatic rings. The summed E-state index contributed by atoms with van der Waals surface area (Å²) in [5.41, 5.74) is 1.02. The number of anilines is 1. The molecule has 0 bridgehead atoms. The van der Waals surface area contributed by atoms with Crippen LogP contribution in [0.3, 0.4) is 0 Å². The molecule has 1 heterocycles. The van der Waals surface area contributed by atoms with E-state index >= 15 is 0 Å². The minimum atomic E-state index is -1.14. The van der Waals surface area contributed by atoms with Gasteiger partial charge in [0.25, 0.3) is 0 Å². The Bertz CT molecular complexity index is 642. The number of amides is 2. The summed E-state index contributed by atoms with van der Waals surface area (Å²) in [4.78, 5) is 25.9. The Labute approximate surface area is 119 Å². The number of aromatic carboxylic acids is 1. The molecule has 0 radical (unpaired) electrons. The molecule has 1 aromatic carbocycles. The van der Waals surface area contributed by atoms with Crippen LogP contribution in [0.4, 0.5) is 14.9 Å². The zero-order chi connectivity index (χ0) is 15.2. The molecule has 7 heteroatoms. The van der Waals surface area contributed by atoms with Gasteiger partial charge in [0.2, 0.25) is 0 Å². The molecular weight excluding hydrogens is 277 g/mol. The van der Waals surface area contributed by atoms with Crippen LogP contribution in [0.5, 0.6) is 0 Å². The Hall–Kier alpha value is -2.96. The maximum atomic E-state index is 12.7. The molecule has 2 amide bonds. The number of carboxylic acids is 1. The number of carbonyl (C=O) groups is 2. The minimum absolute atomic E-state index is 0.104. The third kappa shape index (κ3) is 4.27. The van der Waals surface area contributed by atoms with E-state index in [0.29, 0.717) is 5.69 Å². The van der Waals surface area contributed by atoms with Gasteiger partial charge >= 0.3 is 12.0 Å². The second kappa shape index (κ2) is 6.47. The zero-order valence-electron chi connectivity index (χ0n) is 10.8. The number of urea groups is 1. The number of carbonyl (C=O) groups excluding carboxylic acids is 1. The average Bonchev–Trinajstić information content (AvgIpc) is 2.47. The van der Waals surface area contributed by atoms with Gasteiger partial charge in [-0.3, -0.25) is 0 Å². The first kappa shape index (κ1) is 14.4. The van der Waals surface area contributed by atoms with Crippen molar-refractivity contribution >= 4 is 17.7 Å². The standard InChI is InChI=1S/C14H12FN3O3/c15-10-3-1-9(2-4-10)7-17-14(21)18-11-5-6-12(13(19)20)16-8-11/h1-6,8H,7H2,(H,19,20)(H2,17,18,21). The van der Waals surface area contributed by atoms with Crippen molar-refractivity contribution in [2.45, 2.75) is 6.54 Å². The first-order valence-corrected chi connectivity index (χ1v) is 6.03. The molecular formula is C14H12FN3O3. The fraction of sp³-hybridized carbons (Fsp3) is 0.0714. The lowest BCUT2D eigenvalue weighted by atomic mass is 10.2. The summed E-state index contributed by atoms with van der Waals surface area (Å²) in [6, 6.07) is 8.01. The molecule has 2 rings (SSSR count). The van der Waals surface area contributed by atoms with Gasteiger partial charge < -0.3 is 15.7 Å². The monoisotopic (exact) mass is 289 g/mol. The summed E-state index contributed by atoms with van der Waals surface area (Å²) in [5, 5.41) is 13.8. The highest BCUT2D eigenvalue weighted by Gasteiger charge is 2.06. The van der Waals surface area contributed by atoms with Crippen molar-refractivity contribution < 1.29 is 19.1 Å². The highest BCUT2D eigenvalue weighted by atomic mass is 19.1. The van der Waals surface area contributed by atoms with Crippen LogP contribution in [0.15, 0.2) is 42.6 Å². The normalized spacial score (nSPS) is 9.95. The summed E-state index contributed by atoms with van der Waals surface area (Å²) >= 11 is 0. The minimum Gasteiger partial charge on any atom is -0.477 e. The second-order valence-electron chi connectivity index (χ2n) is 4.17. The molecule has 1 aromatic heterocycles. The van der Waals surface area contributed by atoms with Crippen molar-refractivity contribution in [1.29, 1.82) is 0 Å². The second-order valence-corrected chi connectivity index (χ2v) is 4.17. The van der Waals surface area contributed by atoms with Gasteiger partial charge in [0, 0.05) is 6.54 Å². The zero-order valence-corrected chi connectivity index (χ0v) is 10.8. The smallest absolute Gasteiger partial charge is 0.354 e. The molecule has 0 saturated heterocycles. The largest absolute Gasteiger partial charge is 0.477 e. The van der Waals surface area contributed by atoms with E-state index in [1.807, 2.05) is 0 Å². The Morgan fingerprint density at radius 1 is 1.14 bits per heavy atom. The number of carboxylic acid groups (broad SMARTS) is 1. The summed E-state index contributed by atoms with van der Waals surface area (Å²) in [5.74, 6) is -1.48. The molecule has 6 nitrogen and oxygen atoms in total. The van der Waals surface area contributed by atoms with Crippen LogP contribution in [0.25, 0.3) is 0 Å². The van der Waals surface area contributed by atoms with E-state index in [0.717, 1.165) is 5.56 Å². The highest BCUT2D eigenvalue weighted by Crippen LogP contribution is 2.06. The van der Waals surface area contributed by atoms with E-state index in [1.165, 1.54) is 30.5 Å². The maximum Gasteiger partial charge on any atom is 0.354 e. The van der Waals surface area contributed by atoms with Crippen molar-refractivity contribution in [3.63, 3.8) is 0 Å². The number of pyridine rings is 1. The van der Waals surface area contributed by atoms with Crippen molar-refractivity contribution in [1.82, 2.24) is 10.3 Å². The molecule has 0 unspecified atom stereocenters. The summed E-state index contributed by atoms with van der Waals surface area (Å²) in [7, 11) is 0. The molecule has 108 valence electrons. The third-order valence-corrected chi connectivity index (χ3v) is 2.61.